The molecule has 0 aromatic heterocycles. The molecule has 0 fully saturated rings. The second-order valence-electron chi connectivity index (χ2n) is 5.77. The zero-order valence-corrected chi connectivity index (χ0v) is 17.7. The second kappa shape index (κ2) is 9.60. The van der Waals surface area contributed by atoms with Gasteiger partial charge in [0.2, 0.25) is 9.84 Å². The number of benzene rings is 2. The van der Waals surface area contributed by atoms with Crippen molar-refractivity contribution in [2.45, 2.75) is 37.5 Å². The number of hydrogen-bond donors (Lipinski definition) is 2. The molecule has 2 N–H and O–H groups in total. The predicted octanol–water partition coefficient (Wildman–Crippen LogP) is 3.53. The standard InChI is InChI=1S/C20H26O8S/c1-5-25-15-11-19(17(27-7-3)9-13(15)21)29(23,24)20-12-16(26-6-2)14(22)10-18(20)28-8-4/h9-12,21-22H,5-8H2,1-4H3. The Morgan fingerprint density at radius 1 is 0.621 bits per heavy atom. The zero-order valence-electron chi connectivity index (χ0n) is 16.9. The first-order chi connectivity index (χ1) is 13.8. The van der Waals surface area contributed by atoms with Gasteiger partial charge in [-0.1, -0.05) is 0 Å². The van der Waals surface area contributed by atoms with Gasteiger partial charge in [0.1, 0.15) is 21.3 Å². The average molecular weight is 426 g/mol. The smallest absolute Gasteiger partial charge is 0.214 e. The molecule has 0 aliphatic rings. The third-order valence-corrected chi connectivity index (χ3v) is 5.63. The van der Waals surface area contributed by atoms with E-state index in [0.29, 0.717) is 0 Å². The molecule has 2 aromatic carbocycles. The summed E-state index contributed by atoms with van der Waals surface area (Å²) in [5.74, 6) is -0.503. The van der Waals surface area contributed by atoms with E-state index in [2.05, 4.69) is 0 Å². The van der Waals surface area contributed by atoms with Crippen LogP contribution in [0.5, 0.6) is 34.5 Å². The van der Waals surface area contributed by atoms with E-state index in [9.17, 15) is 18.6 Å². The van der Waals surface area contributed by atoms with Crippen LogP contribution in [0.2, 0.25) is 0 Å². The van der Waals surface area contributed by atoms with E-state index in [1.807, 2.05) is 0 Å². The Morgan fingerprint density at radius 3 is 1.24 bits per heavy atom. The van der Waals surface area contributed by atoms with Crippen LogP contribution in [-0.2, 0) is 9.84 Å². The fraction of sp³-hybridized carbons (Fsp3) is 0.400. The van der Waals surface area contributed by atoms with Gasteiger partial charge >= 0.3 is 0 Å². The van der Waals surface area contributed by atoms with Crippen LogP contribution in [0, 0.1) is 0 Å². The quantitative estimate of drug-likeness (QED) is 0.594. The molecule has 0 unspecified atom stereocenters. The summed E-state index contributed by atoms with van der Waals surface area (Å²) >= 11 is 0. The lowest BCUT2D eigenvalue weighted by Gasteiger charge is -2.17. The summed E-state index contributed by atoms with van der Waals surface area (Å²) in [6, 6.07) is 4.82. The summed E-state index contributed by atoms with van der Waals surface area (Å²) in [5.41, 5.74) is 0. The maximum absolute atomic E-state index is 13.5. The molecule has 0 saturated heterocycles. The molecule has 9 heteroatoms. The summed E-state index contributed by atoms with van der Waals surface area (Å²) in [7, 11) is -4.19. The Hall–Kier alpha value is -2.81. The summed E-state index contributed by atoms with van der Waals surface area (Å²) in [6.45, 7) is 7.67. The monoisotopic (exact) mass is 426 g/mol. The fourth-order valence-corrected chi connectivity index (χ4v) is 4.21. The van der Waals surface area contributed by atoms with Gasteiger partial charge in [0.15, 0.2) is 23.0 Å². The van der Waals surface area contributed by atoms with Gasteiger partial charge in [-0.05, 0) is 27.7 Å². The highest BCUT2D eigenvalue weighted by molar-refractivity contribution is 7.91. The summed E-state index contributed by atoms with van der Waals surface area (Å²) in [4.78, 5) is -0.399. The number of ether oxygens (including phenoxy) is 4. The van der Waals surface area contributed by atoms with Crippen molar-refractivity contribution in [1.29, 1.82) is 0 Å². The maximum Gasteiger partial charge on any atom is 0.214 e. The van der Waals surface area contributed by atoms with Gasteiger partial charge in [-0.2, -0.15) is 0 Å². The van der Waals surface area contributed by atoms with Crippen LogP contribution in [0.25, 0.3) is 0 Å². The summed E-state index contributed by atoms with van der Waals surface area (Å²) < 4.78 is 48.6. The Kier molecular flexibility index (Phi) is 7.44. The third kappa shape index (κ3) is 4.79. The molecule has 0 atom stereocenters. The van der Waals surface area contributed by atoms with Crippen molar-refractivity contribution in [2.75, 3.05) is 26.4 Å². The Bertz CT molecular complexity index is 882. The molecule has 2 aromatic rings. The van der Waals surface area contributed by atoms with Crippen molar-refractivity contribution in [3.63, 3.8) is 0 Å². The van der Waals surface area contributed by atoms with Gasteiger partial charge in [0.25, 0.3) is 0 Å². The number of hydrogen-bond acceptors (Lipinski definition) is 8. The first-order valence-corrected chi connectivity index (χ1v) is 10.8. The molecule has 0 aliphatic heterocycles. The lowest BCUT2D eigenvalue weighted by molar-refractivity contribution is 0.303. The normalized spacial score (nSPS) is 11.2. The highest BCUT2D eigenvalue weighted by Gasteiger charge is 2.30. The second-order valence-corrected chi connectivity index (χ2v) is 7.66. The minimum atomic E-state index is -4.19. The molecule has 29 heavy (non-hydrogen) atoms. The molecule has 0 amide bonds. The van der Waals surface area contributed by atoms with Crippen LogP contribution < -0.4 is 18.9 Å². The van der Waals surface area contributed by atoms with E-state index < -0.39 is 9.84 Å². The van der Waals surface area contributed by atoms with Crippen molar-refractivity contribution in [3.8, 4) is 34.5 Å². The van der Waals surface area contributed by atoms with Crippen molar-refractivity contribution < 1.29 is 37.6 Å². The predicted molar refractivity (Wildman–Crippen MR) is 106 cm³/mol. The molecule has 160 valence electrons. The van der Waals surface area contributed by atoms with Crippen molar-refractivity contribution in [1.82, 2.24) is 0 Å². The number of phenolic OH excluding ortho intramolecular Hbond substituents is 2. The minimum absolute atomic E-state index is 0.0105. The lowest BCUT2D eigenvalue weighted by Crippen LogP contribution is -2.09. The highest BCUT2D eigenvalue weighted by atomic mass is 32.2. The van der Waals surface area contributed by atoms with E-state index in [0.717, 1.165) is 0 Å². The molecule has 0 bridgehead atoms. The van der Waals surface area contributed by atoms with E-state index >= 15 is 0 Å². The summed E-state index contributed by atoms with van der Waals surface area (Å²) in [5, 5.41) is 20.2. The van der Waals surface area contributed by atoms with Gasteiger partial charge in [0.05, 0.1) is 26.4 Å². The molecule has 0 radical (unpaired) electrons. The van der Waals surface area contributed by atoms with Gasteiger partial charge in [0, 0.05) is 24.3 Å². The average Bonchev–Trinajstić information content (AvgIpc) is 2.66. The van der Waals surface area contributed by atoms with Crippen molar-refractivity contribution in [3.05, 3.63) is 24.3 Å². The van der Waals surface area contributed by atoms with Crippen LogP contribution in [0.1, 0.15) is 27.7 Å². The fourth-order valence-electron chi connectivity index (χ4n) is 2.68. The van der Waals surface area contributed by atoms with Gasteiger partial charge in [-0.15, -0.1) is 0 Å². The van der Waals surface area contributed by atoms with Crippen LogP contribution in [0.3, 0.4) is 0 Å². The lowest BCUT2D eigenvalue weighted by atomic mass is 10.3. The molecule has 0 aliphatic carbocycles. The zero-order chi connectivity index (χ0) is 21.6. The van der Waals surface area contributed by atoms with Crippen LogP contribution in [-0.4, -0.2) is 45.1 Å². The Morgan fingerprint density at radius 2 is 0.931 bits per heavy atom. The topological polar surface area (TPSA) is 112 Å². The number of rotatable bonds is 10. The highest BCUT2D eigenvalue weighted by Crippen LogP contribution is 2.43. The number of aromatic hydroxyl groups is 2. The first kappa shape index (κ1) is 22.5. The van der Waals surface area contributed by atoms with Crippen molar-refractivity contribution in [2.24, 2.45) is 0 Å². The number of phenols is 2. The number of sulfone groups is 1. The van der Waals surface area contributed by atoms with Crippen LogP contribution >= 0.6 is 0 Å². The van der Waals surface area contributed by atoms with Crippen LogP contribution in [0.4, 0.5) is 0 Å². The van der Waals surface area contributed by atoms with Gasteiger partial charge in [-0.3, -0.25) is 0 Å². The SMILES string of the molecule is CCOc1cc(S(=O)(=O)c2cc(OCC)c(O)cc2OCC)c(OCC)cc1O. The third-order valence-electron chi connectivity index (χ3n) is 3.83. The van der Waals surface area contributed by atoms with Crippen molar-refractivity contribution >= 4 is 9.84 Å². The molecule has 2 rings (SSSR count). The molecular weight excluding hydrogens is 400 g/mol. The molecular formula is C20H26O8S. The Labute approximate surface area is 170 Å². The maximum atomic E-state index is 13.5. The molecule has 0 spiro atoms. The van der Waals surface area contributed by atoms with E-state index in [-0.39, 0.29) is 70.7 Å². The molecule has 0 saturated carbocycles. The van der Waals surface area contributed by atoms with E-state index in [1.54, 1.807) is 27.7 Å². The largest absolute Gasteiger partial charge is 0.504 e. The van der Waals surface area contributed by atoms with Gasteiger partial charge < -0.3 is 29.2 Å². The molecule has 8 nitrogen and oxygen atoms in total. The molecule has 0 heterocycles. The first-order valence-electron chi connectivity index (χ1n) is 9.30. The van der Waals surface area contributed by atoms with E-state index in [1.165, 1.54) is 24.3 Å². The summed E-state index contributed by atoms with van der Waals surface area (Å²) in [6.07, 6.45) is 0. The minimum Gasteiger partial charge on any atom is -0.504 e. The van der Waals surface area contributed by atoms with Gasteiger partial charge in [-0.25, -0.2) is 8.42 Å². The van der Waals surface area contributed by atoms with Crippen LogP contribution in [0.15, 0.2) is 34.1 Å². The van der Waals surface area contributed by atoms with E-state index in [4.69, 9.17) is 18.9 Å². The Balaban J connectivity index is 2.77.